The van der Waals surface area contributed by atoms with Crippen molar-refractivity contribution >= 4 is 5.91 Å². The molecule has 1 aliphatic heterocycles. The lowest BCUT2D eigenvalue weighted by Crippen LogP contribution is -2.40. The van der Waals surface area contributed by atoms with Gasteiger partial charge in [-0.15, -0.1) is 0 Å². The summed E-state index contributed by atoms with van der Waals surface area (Å²) in [4.78, 5) is 14.2. The molecule has 1 amide bonds. The van der Waals surface area contributed by atoms with Crippen LogP contribution in [0.15, 0.2) is 0 Å². The summed E-state index contributed by atoms with van der Waals surface area (Å²) in [6.45, 7) is 10.6. The number of carbonyl (C=O) groups excluding carboxylic acids is 1. The molecule has 1 atom stereocenters. The lowest BCUT2D eigenvalue weighted by molar-refractivity contribution is -0.0108. The highest BCUT2D eigenvalue weighted by Crippen LogP contribution is 2.38. The lowest BCUT2D eigenvalue weighted by atomic mass is 9.79. The fraction of sp³-hybridized carbons (Fsp3) is 0.714. The zero-order chi connectivity index (χ0) is 14.4. The van der Waals surface area contributed by atoms with Crippen molar-refractivity contribution in [2.24, 2.45) is 5.41 Å². The number of hydrogen-bond acceptors (Lipinski definition) is 3. The summed E-state index contributed by atoms with van der Waals surface area (Å²) in [5.41, 5.74) is 1.22. The van der Waals surface area contributed by atoms with Crippen LogP contribution >= 0.6 is 0 Å². The maximum absolute atomic E-state index is 12.5. The largest absolute Gasteiger partial charge is 0.388 e. The molecule has 5 heteroatoms. The molecule has 2 heterocycles. The van der Waals surface area contributed by atoms with E-state index in [1.807, 2.05) is 27.7 Å². The van der Waals surface area contributed by atoms with E-state index in [0.717, 1.165) is 17.7 Å². The Morgan fingerprint density at radius 3 is 2.47 bits per heavy atom. The van der Waals surface area contributed by atoms with Gasteiger partial charge in [0.1, 0.15) is 0 Å². The number of rotatable bonds is 2. The maximum Gasteiger partial charge on any atom is 0.274 e. The van der Waals surface area contributed by atoms with E-state index in [0.29, 0.717) is 18.8 Å². The van der Waals surface area contributed by atoms with Crippen LogP contribution in [0.4, 0.5) is 0 Å². The van der Waals surface area contributed by atoms with Gasteiger partial charge in [0.2, 0.25) is 0 Å². The maximum atomic E-state index is 12.5. The molecule has 0 bridgehead atoms. The summed E-state index contributed by atoms with van der Waals surface area (Å²) in [5, 5.41) is 17.4. The van der Waals surface area contributed by atoms with E-state index in [1.54, 1.807) is 11.8 Å². The highest BCUT2D eigenvalue weighted by molar-refractivity contribution is 5.94. The second-order valence-electron chi connectivity index (χ2n) is 6.35. The first-order valence-electron chi connectivity index (χ1n) is 6.75. The van der Waals surface area contributed by atoms with Crippen molar-refractivity contribution in [1.82, 2.24) is 15.1 Å². The van der Waals surface area contributed by atoms with E-state index in [4.69, 9.17) is 0 Å². The molecule has 0 unspecified atom stereocenters. The minimum atomic E-state index is -0.861. The van der Waals surface area contributed by atoms with Gasteiger partial charge in [-0.2, -0.15) is 5.10 Å². The average molecular weight is 265 g/mol. The zero-order valence-corrected chi connectivity index (χ0v) is 12.4. The standard InChI is InChI=1S/C14H23N3O2/c1-6-10-9(2)11(16-15-10)12(18)17-7-13(3,4)14(5,19)8-17/h19H,6-8H2,1-5H3,(H,15,16)/t14-/m1/s1. The number of H-pyrrole nitrogens is 1. The number of likely N-dealkylation sites (tertiary alicyclic amines) is 1. The number of nitrogens with one attached hydrogen (secondary N) is 1. The molecule has 106 valence electrons. The van der Waals surface area contributed by atoms with Crippen molar-refractivity contribution in [3.05, 3.63) is 17.0 Å². The third kappa shape index (κ3) is 2.16. The van der Waals surface area contributed by atoms with Crippen LogP contribution in [0.5, 0.6) is 0 Å². The van der Waals surface area contributed by atoms with Crippen LogP contribution in [0, 0.1) is 12.3 Å². The van der Waals surface area contributed by atoms with Gasteiger partial charge in [0, 0.05) is 23.2 Å². The van der Waals surface area contributed by atoms with Gasteiger partial charge in [0.05, 0.1) is 12.1 Å². The molecule has 2 N–H and O–H groups in total. The molecule has 1 aromatic rings. The molecular weight excluding hydrogens is 242 g/mol. The first-order valence-corrected chi connectivity index (χ1v) is 6.75. The fourth-order valence-electron chi connectivity index (χ4n) is 2.57. The van der Waals surface area contributed by atoms with Crippen molar-refractivity contribution in [3.8, 4) is 0 Å². The van der Waals surface area contributed by atoms with Crippen LogP contribution in [-0.4, -0.2) is 44.8 Å². The number of nitrogens with zero attached hydrogens (tertiary/aromatic N) is 2. The highest BCUT2D eigenvalue weighted by Gasteiger charge is 2.49. The Labute approximate surface area is 114 Å². The Morgan fingerprint density at radius 1 is 1.42 bits per heavy atom. The van der Waals surface area contributed by atoms with Crippen LogP contribution in [0.2, 0.25) is 0 Å². The number of carbonyl (C=O) groups is 1. The van der Waals surface area contributed by atoms with Gasteiger partial charge < -0.3 is 10.0 Å². The minimum Gasteiger partial charge on any atom is -0.388 e. The number of β-amino-alcohol motifs (C(OH)–C–C–N with tert-alkyl or cyclic N) is 1. The van der Waals surface area contributed by atoms with Crippen molar-refractivity contribution in [2.45, 2.75) is 46.6 Å². The predicted molar refractivity (Wildman–Crippen MR) is 73.0 cm³/mol. The van der Waals surface area contributed by atoms with Gasteiger partial charge in [0.25, 0.3) is 5.91 Å². The summed E-state index contributed by atoms with van der Waals surface area (Å²) in [5.74, 6) is -0.0979. The van der Waals surface area contributed by atoms with Crippen LogP contribution in [0.25, 0.3) is 0 Å². The smallest absolute Gasteiger partial charge is 0.274 e. The lowest BCUT2D eigenvalue weighted by Gasteiger charge is -2.30. The molecular formula is C14H23N3O2. The molecule has 1 aliphatic rings. The van der Waals surface area contributed by atoms with E-state index >= 15 is 0 Å². The number of aryl methyl sites for hydroxylation is 1. The molecule has 1 aromatic heterocycles. The molecule has 2 rings (SSSR count). The molecule has 0 saturated carbocycles. The summed E-state index contributed by atoms with van der Waals surface area (Å²) >= 11 is 0. The first-order chi connectivity index (χ1) is 8.69. The number of aromatic amines is 1. The van der Waals surface area contributed by atoms with E-state index in [2.05, 4.69) is 10.2 Å². The SMILES string of the molecule is CCc1[nH]nc(C(=O)N2CC(C)(C)[C@](C)(O)C2)c1C. The van der Waals surface area contributed by atoms with Crippen LogP contribution in [0.3, 0.4) is 0 Å². The predicted octanol–water partition coefficient (Wildman–Crippen LogP) is 1.51. The van der Waals surface area contributed by atoms with E-state index < -0.39 is 5.60 Å². The quantitative estimate of drug-likeness (QED) is 0.851. The number of aromatic nitrogens is 2. The number of amides is 1. The van der Waals surface area contributed by atoms with Crippen LogP contribution < -0.4 is 0 Å². The van der Waals surface area contributed by atoms with Gasteiger partial charge in [-0.05, 0) is 20.3 Å². The second-order valence-corrected chi connectivity index (χ2v) is 6.35. The van der Waals surface area contributed by atoms with Gasteiger partial charge in [0.15, 0.2) is 5.69 Å². The highest BCUT2D eigenvalue weighted by atomic mass is 16.3. The van der Waals surface area contributed by atoms with Gasteiger partial charge in [-0.1, -0.05) is 20.8 Å². The van der Waals surface area contributed by atoms with Gasteiger partial charge >= 0.3 is 0 Å². The van der Waals surface area contributed by atoms with Crippen molar-refractivity contribution in [3.63, 3.8) is 0 Å². The third-order valence-corrected chi connectivity index (χ3v) is 4.50. The van der Waals surface area contributed by atoms with Crippen LogP contribution in [0.1, 0.15) is 49.4 Å². The Kier molecular flexibility index (Phi) is 3.21. The minimum absolute atomic E-state index is 0.0979. The normalized spacial score (nSPS) is 25.9. The second kappa shape index (κ2) is 4.34. The molecule has 5 nitrogen and oxygen atoms in total. The topological polar surface area (TPSA) is 69.2 Å². The Balaban J connectivity index is 2.25. The molecule has 19 heavy (non-hydrogen) atoms. The van der Waals surface area contributed by atoms with E-state index in [9.17, 15) is 9.90 Å². The number of hydrogen-bond donors (Lipinski definition) is 2. The van der Waals surface area contributed by atoms with Gasteiger partial charge in [-0.3, -0.25) is 9.89 Å². The third-order valence-electron chi connectivity index (χ3n) is 4.50. The Hall–Kier alpha value is -1.36. The van der Waals surface area contributed by atoms with E-state index in [1.165, 1.54) is 0 Å². The summed E-state index contributed by atoms with van der Waals surface area (Å²) in [7, 11) is 0. The van der Waals surface area contributed by atoms with E-state index in [-0.39, 0.29) is 11.3 Å². The molecule has 0 radical (unpaired) electrons. The molecule has 1 saturated heterocycles. The monoisotopic (exact) mass is 265 g/mol. The van der Waals surface area contributed by atoms with Crippen LogP contribution in [-0.2, 0) is 6.42 Å². The number of aliphatic hydroxyl groups is 1. The average Bonchev–Trinajstić information content (AvgIpc) is 2.76. The summed E-state index contributed by atoms with van der Waals surface area (Å²) in [6.07, 6.45) is 0.829. The molecule has 0 spiro atoms. The van der Waals surface area contributed by atoms with Gasteiger partial charge in [-0.25, -0.2) is 0 Å². The fourth-order valence-corrected chi connectivity index (χ4v) is 2.57. The Bertz CT molecular complexity index is 487. The molecule has 0 aromatic carbocycles. The molecule has 0 aliphatic carbocycles. The van der Waals surface area contributed by atoms with Crippen molar-refractivity contribution in [1.29, 1.82) is 0 Å². The summed E-state index contributed by atoms with van der Waals surface area (Å²) in [6, 6.07) is 0. The molecule has 1 fully saturated rings. The van der Waals surface area contributed by atoms with Crippen molar-refractivity contribution < 1.29 is 9.90 Å². The zero-order valence-electron chi connectivity index (χ0n) is 12.4. The van der Waals surface area contributed by atoms with Crippen molar-refractivity contribution in [2.75, 3.05) is 13.1 Å². The Morgan fingerprint density at radius 2 is 2.05 bits per heavy atom. The summed E-state index contributed by atoms with van der Waals surface area (Å²) < 4.78 is 0. The first kappa shape index (κ1) is 14.1.